The third-order valence-corrected chi connectivity index (χ3v) is 4.38. The minimum absolute atomic E-state index is 0.176. The maximum atomic E-state index is 12.3. The Morgan fingerprint density at radius 2 is 1.68 bits per heavy atom. The summed E-state index contributed by atoms with van der Waals surface area (Å²) < 4.78 is 0. The lowest BCUT2D eigenvalue weighted by Crippen LogP contribution is -2.49. The number of amides is 1. The molecule has 25 heavy (non-hydrogen) atoms. The van der Waals surface area contributed by atoms with Crippen molar-refractivity contribution in [1.82, 2.24) is 14.9 Å². The highest BCUT2D eigenvalue weighted by molar-refractivity contribution is 6.44. The quantitative estimate of drug-likeness (QED) is 0.598. The van der Waals surface area contributed by atoms with E-state index in [1.165, 1.54) is 0 Å². The van der Waals surface area contributed by atoms with Gasteiger partial charge in [-0.2, -0.15) is 0 Å². The lowest BCUT2D eigenvalue weighted by molar-refractivity contribution is -0.125. The van der Waals surface area contributed by atoms with Crippen LogP contribution in [0.25, 0.3) is 0 Å². The molecular formula is C18H16Cl2N4O. The van der Waals surface area contributed by atoms with Crippen LogP contribution in [0.3, 0.4) is 0 Å². The van der Waals surface area contributed by atoms with Gasteiger partial charge in [0.05, 0.1) is 0 Å². The number of aromatic nitrogens is 2. The van der Waals surface area contributed by atoms with E-state index in [2.05, 4.69) is 26.7 Å². The van der Waals surface area contributed by atoms with Gasteiger partial charge in [0.2, 0.25) is 5.95 Å². The highest BCUT2D eigenvalue weighted by Gasteiger charge is 2.21. The molecule has 128 valence electrons. The molecule has 1 aliphatic rings. The average molecular weight is 375 g/mol. The van der Waals surface area contributed by atoms with Crippen molar-refractivity contribution in [1.29, 1.82) is 0 Å². The molecule has 0 spiro atoms. The van der Waals surface area contributed by atoms with Crippen LogP contribution in [0, 0.1) is 11.8 Å². The van der Waals surface area contributed by atoms with Gasteiger partial charge in [-0.25, -0.2) is 9.97 Å². The lowest BCUT2D eigenvalue weighted by Gasteiger charge is -2.33. The van der Waals surface area contributed by atoms with Crippen molar-refractivity contribution in [3.63, 3.8) is 0 Å². The van der Waals surface area contributed by atoms with Crippen molar-refractivity contribution in [3.05, 3.63) is 53.9 Å². The molecule has 0 bridgehead atoms. The topological polar surface area (TPSA) is 49.3 Å². The third kappa shape index (κ3) is 4.62. The summed E-state index contributed by atoms with van der Waals surface area (Å²) in [5.41, 5.74) is 1.56. The van der Waals surface area contributed by atoms with E-state index in [-0.39, 0.29) is 5.91 Å². The van der Waals surface area contributed by atoms with Crippen LogP contribution >= 0.6 is 23.2 Å². The molecule has 0 aliphatic carbocycles. The monoisotopic (exact) mass is 374 g/mol. The first-order valence-corrected chi connectivity index (χ1v) is 8.72. The molecule has 1 fully saturated rings. The highest BCUT2D eigenvalue weighted by atomic mass is 35.5. The summed E-state index contributed by atoms with van der Waals surface area (Å²) in [4.78, 5) is 24.0. The van der Waals surface area contributed by atoms with Gasteiger partial charge in [-0.15, -0.1) is 23.2 Å². The molecule has 7 heteroatoms. The molecule has 0 N–H and O–H groups in total. The third-order valence-electron chi connectivity index (χ3n) is 3.88. The van der Waals surface area contributed by atoms with Crippen LogP contribution in [0.1, 0.15) is 16.0 Å². The number of nitrogens with zero attached hydrogens (tertiary/aromatic N) is 4. The second-order valence-corrected chi connectivity index (χ2v) is 6.60. The number of carbonyl (C=O) groups is 1. The molecule has 1 amide bonds. The summed E-state index contributed by atoms with van der Waals surface area (Å²) in [5, 5.41) is 0. The minimum atomic E-state index is -0.562. The van der Waals surface area contributed by atoms with E-state index in [1.54, 1.807) is 47.6 Å². The number of anilines is 1. The number of halogens is 2. The Kier molecular flexibility index (Phi) is 5.75. The van der Waals surface area contributed by atoms with Crippen molar-refractivity contribution in [2.75, 3.05) is 31.1 Å². The maximum absolute atomic E-state index is 12.3. The van der Waals surface area contributed by atoms with Crippen LogP contribution in [0.15, 0.2) is 42.7 Å². The van der Waals surface area contributed by atoms with Crippen molar-refractivity contribution in [3.8, 4) is 11.8 Å². The predicted molar refractivity (Wildman–Crippen MR) is 98.6 cm³/mol. The van der Waals surface area contributed by atoms with E-state index in [1.807, 2.05) is 0 Å². The first kappa shape index (κ1) is 17.5. The first-order valence-electron chi connectivity index (χ1n) is 7.84. The first-order chi connectivity index (χ1) is 12.1. The number of rotatable bonds is 2. The van der Waals surface area contributed by atoms with Gasteiger partial charge in [0, 0.05) is 50.1 Å². The molecule has 0 unspecified atom stereocenters. The van der Waals surface area contributed by atoms with Gasteiger partial charge in [0.1, 0.15) is 4.84 Å². The van der Waals surface area contributed by atoms with E-state index in [9.17, 15) is 4.79 Å². The van der Waals surface area contributed by atoms with Gasteiger partial charge in [0.25, 0.3) is 5.91 Å². The molecule has 1 aromatic heterocycles. The normalized spacial score (nSPS) is 14.2. The second kappa shape index (κ2) is 8.19. The van der Waals surface area contributed by atoms with E-state index >= 15 is 0 Å². The largest absolute Gasteiger partial charge is 0.337 e. The van der Waals surface area contributed by atoms with E-state index in [0.717, 1.165) is 11.1 Å². The maximum Gasteiger partial charge on any atom is 0.298 e. The zero-order valence-corrected chi connectivity index (χ0v) is 14.9. The predicted octanol–water partition coefficient (Wildman–Crippen LogP) is 2.65. The Morgan fingerprint density at radius 3 is 2.28 bits per heavy atom. The van der Waals surface area contributed by atoms with Crippen LogP contribution in [0.5, 0.6) is 0 Å². The molecule has 5 nitrogen and oxygen atoms in total. The average Bonchev–Trinajstić information content (AvgIpc) is 2.67. The van der Waals surface area contributed by atoms with Crippen LogP contribution in [0.4, 0.5) is 5.95 Å². The van der Waals surface area contributed by atoms with Crippen LogP contribution in [-0.2, 0) is 4.79 Å². The highest BCUT2D eigenvalue weighted by Crippen LogP contribution is 2.24. The second-order valence-electron chi connectivity index (χ2n) is 5.50. The Balaban J connectivity index is 1.56. The summed E-state index contributed by atoms with van der Waals surface area (Å²) in [7, 11) is 0. The van der Waals surface area contributed by atoms with Gasteiger partial charge in [-0.05, 0) is 23.8 Å². The molecule has 1 aliphatic heterocycles. The number of hydrogen-bond acceptors (Lipinski definition) is 4. The standard InChI is InChI=1S/C18H16Cl2N4O/c19-17(20)15-5-2-14(3-6-15)4-7-16(25)23-10-12-24(13-11-23)18-21-8-1-9-22-18/h1-3,5-6,8-9,17H,10-13H2. The lowest BCUT2D eigenvalue weighted by atomic mass is 10.1. The van der Waals surface area contributed by atoms with Crippen molar-refractivity contribution in [2.24, 2.45) is 0 Å². The van der Waals surface area contributed by atoms with Gasteiger partial charge in [-0.1, -0.05) is 18.1 Å². The van der Waals surface area contributed by atoms with Gasteiger partial charge >= 0.3 is 0 Å². The molecular weight excluding hydrogens is 359 g/mol. The molecule has 0 radical (unpaired) electrons. The molecule has 1 aromatic carbocycles. The van der Waals surface area contributed by atoms with E-state index < -0.39 is 4.84 Å². The SMILES string of the molecule is O=C(C#Cc1ccc(C(Cl)Cl)cc1)N1CCN(c2ncccn2)CC1. The number of piperazine rings is 1. The fraction of sp³-hybridized carbons (Fsp3) is 0.278. The molecule has 2 aromatic rings. The Labute approximate surface area is 156 Å². The summed E-state index contributed by atoms with van der Waals surface area (Å²) in [6.07, 6.45) is 3.43. The molecule has 0 saturated carbocycles. The van der Waals surface area contributed by atoms with E-state index in [0.29, 0.717) is 32.1 Å². The van der Waals surface area contributed by atoms with Gasteiger partial charge in [0.15, 0.2) is 0 Å². The van der Waals surface area contributed by atoms with Crippen molar-refractivity contribution in [2.45, 2.75) is 4.84 Å². The summed E-state index contributed by atoms with van der Waals surface area (Å²) in [6.45, 7) is 2.59. The van der Waals surface area contributed by atoms with Crippen molar-refractivity contribution < 1.29 is 4.79 Å². The fourth-order valence-corrected chi connectivity index (χ4v) is 2.77. The summed E-state index contributed by atoms with van der Waals surface area (Å²) >= 11 is 11.6. The fourth-order valence-electron chi connectivity index (χ4n) is 2.48. The number of hydrogen-bond donors (Lipinski definition) is 0. The number of alkyl halides is 2. The van der Waals surface area contributed by atoms with Gasteiger partial charge < -0.3 is 9.80 Å². The van der Waals surface area contributed by atoms with Crippen LogP contribution < -0.4 is 4.90 Å². The smallest absolute Gasteiger partial charge is 0.298 e. The van der Waals surface area contributed by atoms with Crippen molar-refractivity contribution >= 4 is 35.1 Å². The molecule has 2 heterocycles. The number of carbonyl (C=O) groups excluding carboxylic acids is 1. The Morgan fingerprint density at radius 1 is 1.04 bits per heavy atom. The zero-order valence-electron chi connectivity index (χ0n) is 13.4. The van der Waals surface area contributed by atoms with Crippen LogP contribution in [-0.4, -0.2) is 47.0 Å². The van der Waals surface area contributed by atoms with E-state index in [4.69, 9.17) is 23.2 Å². The summed E-state index contributed by atoms with van der Waals surface area (Å²) in [5.74, 6) is 6.09. The van der Waals surface area contributed by atoms with Gasteiger partial charge in [-0.3, -0.25) is 4.79 Å². The molecule has 1 saturated heterocycles. The van der Waals surface area contributed by atoms with Crippen LogP contribution in [0.2, 0.25) is 0 Å². The Hall–Kier alpha value is -2.29. The molecule has 0 atom stereocenters. The zero-order chi connectivity index (χ0) is 17.6. The summed E-state index contributed by atoms with van der Waals surface area (Å²) in [6, 6.07) is 9.00. The Bertz CT molecular complexity index is 776. The molecule has 3 rings (SSSR count). The number of benzene rings is 1. The minimum Gasteiger partial charge on any atom is -0.337 e.